The minimum absolute atomic E-state index is 0.138. The van der Waals surface area contributed by atoms with Gasteiger partial charge in [-0.05, 0) is 58.0 Å². The molecule has 0 atom stereocenters. The van der Waals surface area contributed by atoms with Gasteiger partial charge < -0.3 is 5.32 Å². The van der Waals surface area contributed by atoms with E-state index in [2.05, 4.69) is 20.6 Å². The van der Waals surface area contributed by atoms with Crippen molar-refractivity contribution in [2.24, 2.45) is 0 Å². The van der Waals surface area contributed by atoms with Crippen molar-refractivity contribution in [1.29, 1.82) is 0 Å². The number of hydrogen-bond donors (Lipinski definition) is 1. The van der Waals surface area contributed by atoms with Gasteiger partial charge >= 0.3 is 0 Å². The molecule has 0 radical (unpaired) electrons. The predicted octanol–water partition coefficient (Wildman–Crippen LogP) is 3.14. The Morgan fingerprint density at radius 1 is 1.13 bits per heavy atom. The first kappa shape index (κ1) is 20.1. The predicted molar refractivity (Wildman–Crippen MR) is 116 cm³/mol. The van der Waals surface area contributed by atoms with Crippen molar-refractivity contribution in [2.75, 3.05) is 16.0 Å². The quantitative estimate of drug-likeness (QED) is 0.650. The molecule has 2 amide bonds. The summed E-state index contributed by atoms with van der Waals surface area (Å²) >= 11 is 1.29. The van der Waals surface area contributed by atoms with Crippen LogP contribution in [0.1, 0.15) is 25.2 Å². The monoisotopic (exact) mass is 422 g/mol. The van der Waals surface area contributed by atoms with Gasteiger partial charge in [-0.2, -0.15) is 5.10 Å². The number of aromatic nitrogens is 4. The number of carbonyl (C=O) groups is 2. The smallest absolute Gasteiger partial charge is 0.250 e. The number of carbonyl (C=O) groups excluding carboxylic acids is 2. The second-order valence-electron chi connectivity index (χ2n) is 7.62. The van der Waals surface area contributed by atoms with Crippen LogP contribution in [0.15, 0.2) is 47.5 Å². The van der Waals surface area contributed by atoms with Crippen molar-refractivity contribution >= 4 is 35.0 Å². The van der Waals surface area contributed by atoms with Crippen LogP contribution in [0.25, 0.3) is 5.82 Å². The molecule has 0 saturated carbocycles. The van der Waals surface area contributed by atoms with Crippen LogP contribution < -0.4 is 10.2 Å². The van der Waals surface area contributed by atoms with E-state index in [9.17, 15) is 9.59 Å². The van der Waals surface area contributed by atoms with Crippen LogP contribution in [-0.2, 0) is 9.59 Å². The molecule has 8 nitrogen and oxygen atoms in total. The highest BCUT2D eigenvalue weighted by molar-refractivity contribution is 7.99. The van der Waals surface area contributed by atoms with Crippen molar-refractivity contribution < 1.29 is 9.59 Å². The van der Waals surface area contributed by atoms with Gasteiger partial charge in [-0.3, -0.25) is 14.5 Å². The highest BCUT2D eigenvalue weighted by atomic mass is 32.2. The average Bonchev–Trinajstić information content (AvgIpc) is 3.05. The Hall–Kier alpha value is -3.20. The highest BCUT2D eigenvalue weighted by Gasteiger charge is 2.43. The number of nitrogens with zero attached hydrogens (tertiary/aromatic N) is 5. The molecule has 0 saturated heterocycles. The fraction of sp³-hybridized carbons (Fsp3) is 0.286. The summed E-state index contributed by atoms with van der Waals surface area (Å²) in [5.41, 5.74) is 2.22. The Bertz CT molecular complexity index is 1120. The zero-order valence-electron chi connectivity index (χ0n) is 17.2. The number of hydrogen-bond acceptors (Lipinski definition) is 6. The van der Waals surface area contributed by atoms with Crippen molar-refractivity contribution in [2.45, 2.75) is 38.3 Å². The first-order chi connectivity index (χ1) is 14.3. The van der Waals surface area contributed by atoms with E-state index in [1.165, 1.54) is 11.8 Å². The van der Waals surface area contributed by atoms with Gasteiger partial charge in [0.2, 0.25) is 11.8 Å². The molecule has 4 rings (SSSR count). The molecule has 0 bridgehead atoms. The van der Waals surface area contributed by atoms with E-state index in [1.807, 2.05) is 50.2 Å². The maximum atomic E-state index is 13.1. The molecule has 0 unspecified atom stereocenters. The van der Waals surface area contributed by atoms with Gasteiger partial charge in [0.25, 0.3) is 0 Å². The van der Waals surface area contributed by atoms with Crippen molar-refractivity contribution in [3.05, 3.63) is 53.9 Å². The molecule has 1 aliphatic rings. The molecule has 3 heterocycles. The van der Waals surface area contributed by atoms with Gasteiger partial charge in [0, 0.05) is 5.69 Å². The molecular weight excluding hydrogens is 400 g/mol. The summed E-state index contributed by atoms with van der Waals surface area (Å²) in [4.78, 5) is 27.2. The first-order valence-electron chi connectivity index (χ1n) is 9.51. The van der Waals surface area contributed by atoms with Gasteiger partial charge in [0.1, 0.15) is 10.6 Å². The third kappa shape index (κ3) is 3.56. The molecular formula is C21H22N6O2S. The number of nitrogens with one attached hydrogen (secondary N) is 1. The number of para-hydroxylation sites is 2. The molecule has 9 heteroatoms. The first-order valence-corrected chi connectivity index (χ1v) is 10.5. The lowest BCUT2D eigenvalue weighted by molar-refractivity contribution is -0.125. The number of benzene rings is 1. The zero-order valence-corrected chi connectivity index (χ0v) is 18.0. The standard InChI is InChI=1S/C21H22N6O2S/c1-13-11-14(2)27(25-13)17-9-10-18(24-23-17)30-12-19(28)26-16-8-6-5-7-15(16)22-20(29)21(26,3)4/h5-11H,12H2,1-4H3,(H,22,29). The van der Waals surface area contributed by atoms with E-state index in [0.717, 1.165) is 11.4 Å². The lowest BCUT2D eigenvalue weighted by atomic mass is 9.96. The average molecular weight is 423 g/mol. The van der Waals surface area contributed by atoms with Crippen molar-refractivity contribution in [3.63, 3.8) is 0 Å². The Morgan fingerprint density at radius 2 is 1.90 bits per heavy atom. The summed E-state index contributed by atoms with van der Waals surface area (Å²) in [7, 11) is 0. The number of anilines is 2. The Morgan fingerprint density at radius 3 is 2.57 bits per heavy atom. The molecule has 1 N–H and O–H groups in total. The normalized spacial score (nSPS) is 14.9. The molecule has 3 aromatic rings. The second-order valence-corrected chi connectivity index (χ2v) is 8.61. The van der Waals surface area contributed by atoms with Gasteiger partial charge in [0.15, 0.2) is 5.82 Å². The van der Waals surface area contributed by atoms with Crippen LogP contribution in [0.4, 0.5) is 11.4 Å². The number of fused-ring (bicyclic) bond motifs is 1. The third-order valence-corrected chi connectivity index (χ3v) is 5.86. The van der Waals surface area contributed by atoms with E-state index in [4.69, 9.17) is 0 Å². The van der Waals surface area contributed by atoms with Gasteiger partial charge in [0.05, 0.1) is 22.8 Å². The summed E-state index contributed by atoms with van der Waals surface area (Å²) in [5, 5.41) is 16.3. The summed E-state index contributed by atoms with van der Waals surface area (Å²) in [6.07, 6.45) is 0. The van der Waals surface area contributed by atoms with E-state index >= 15 is 0 Å². The van der Waals surface area contributed by atoms with Crippen LogP contribution in [0.2, 0.25) is 0 Å². The maximum absolute atomic E-state index is 13.1. The lowest BCUT2D eigenvalue weighted by Crippen LogP contribution is -2.58. The summed E-state index contributed by atoms with van der Waals surface area (Å²) in [6, 6.07) is 12.9. The summed E-state index contributed by atoms with van der Waals surface area (Å²) in [6.45, 7) is 7.36. The number of rotatable bonds is 4. The SMILES string of the molecule is Cc1cc(C)n(-c2ccc(SCC(=O)N3c4ccccc4NC(=O)C3(C)C)nn2)n1. The maximum Gasteiger partial charge on any atom is 0.250 e. The minimum atomic E-state index is -0.989. The topological polar surface area (TPSA) is 93.0 Å². The van der Waals surface area contributed by atoms with Crippen LogP contribution in [0, 0.1) is 13.8 Å². The second kappa shape index (κ2) is 7.56. The van der Waals surface area contributed by atoms with Crippen LogP contribution in [0.3, 0.4) is 0 Å². The lowest BCUT2D eigenvalue weighted by Gasteiger charge is -2.42. The van der Waals surface area contributed by atoms with Gasteiger partial charge in [-0.25, -0.2) is 4.68 Å². The van der Waals surface area contributed by atoms with E-state index in [0.29, 0.717) is 22.2 Å². The third-order valence-electron chi connectivity index (χ3n) is 4.95. The molecule has 0 fully saturated rings. The van der Waals surface area contributed by atoms with E-state index in [1.54, 1.807) is 29.5 Å². The molecule has 0 spiro atoms. The van der Waals surface area contributed by atoms with Crippen LogP contribution in [0.5, 0.6) is 0 Å². The fourth-order valence-electron chi connectivity index (χ4n) is 3.46. The van der Waals surface area contributed by atoms with Gasteiger partial charge in [-0.15, -0.1) is 10.2 Å². The number of aryl methyl sites for hydroxylation is 2. The summed E-state index contributed by atoms with van der Waals surface area (Å²) < 4.78 is 1.73. The van der Waals surface area contributed by atoms with Crippen molar-refractivity contribution in [1.82, 2.24) is 20.0 Å². The zero-order chi connectivity index (χ0) is 21.5. The molecule has 1 aliphatic heterocycles. The number of amides is 2. The van der Waals surface area contributed by atoms with Gasteiger partial charge in [-0.1, -0.05) is 23.9 Å². The van der Waals surface area contributed by atoms with Crippen molar-refractivity contribution in [3.8, 4) is 5.82 Å². The Kier molecular flexibility index (Phi) is 5.07. The number of thioether (sulfide) groups is 1. The van der Waals surface area contributed by atoms with Crippen LogP contribution >= 0.6 is 11.8 Å². The van der Waals surface area contributed by atoms with E-state index < -0.39 is 5.54 Å². The highest BCUT2D eigenvalue weighted by Crippen LogP contribution is 2.37. The fourth-order valence-corrected chi connectivity index (χ4v) is 4.13. The van der Waals surface area contributed by atoms with E-state index in [-0.39, 0.29) is 17.6 Å². The molecule has 30 heavy (non-hydrogen) atoms. The largest absolute Gasteiger partial charge is 0.322 e. The Labute approximate surface area is 178 Å². The Balaban J connectivity index is 1.51. The molecule has 1 aromatic carbocycles. The summed E-state index contributed by atoms with van der Waals surface area (Å²) in [5.74, 6) is 0.378. The minimum Gasteiger partial charge on any atom is -0.322 e. The molecule has 2 aromatic heterocycles. The molecule has 0 aliphatic carbocycles. The molecule has 154 valence electrons. The van der Waals surface area contributed by atoms with Crippen LogP contribution in [-0.4, -0.2) is 43.1 Å².